The Morgan fingerprint density at radius 2 is 1.56 bits per heavy atom. The lowest BCUT2D eigenvalue weighted by Gasteiger charge is -2.15. The molecule has 2 nitrogen and oxygen atoms in total. The van der Waals surface area contributed by atoms with Crippen LogP contribution in [0.5, 0.6) is 5.75 Å². The summed E-state index contributed by atoms with van der Waals surface area (Å²) in [6, 6.07) is 3.60. The largest absolute Gasteiger partial charge is 0.435 e. The van der Waals surface area contributed by atoms with Crippen LogP contribution in [0.15, 0.2) is 24.3 Å². The molecule has 0 radical (unpaired) electrons. The molecule has 1 N–H and O–H groups in total. The maximum atomic E-state index is 12.0. The van der Waals surface area contributed by atoms with Gasteiger partial charge in [0.2, 0.25) is 0 Å². The van der Waals surface area contributed by atoms with Crippen molar-refractivity contribution in [3.63, 3.8) is 0 Å². The molecule has 0 saturated carbocycles. The van der Waals surface area contributed by atoms with E-state index in [0.29, 0.717) is 0 Å². The van der Waals surface area contributed by atoms with Crippen LogP contribution in [0, 0.1) is 0 Å². The Morgan fingerprint density at radius 1 is 1.06 bits per heavy atom. The molecule has 16 heavy (non-hydrogen) atoms. The summed E-state index contributed by atoms with van der Waals surface area (Å²) in [5.41, 5.74) is -0.436. The average Bonchev–Trinajstić information content (AvgIpc) is 2.15. The van der Waals surface area contributed by atoms with E-state index in [2.05, 4.69) is 4.74 Å². The molecule has 0 bridgehead atoms. The smallest absolute Gasteiger partial charge is 0.418 e. The molecular formula is C9H7F5O2. The summed E-state index contributed by atoms with van der Waals surface area (Å²) in [5, 5.41) is 8.82. The van der Waals surface area contributed by atoms with Gasteiger partial charge in [-0.2, -0.15) is 22.0 Å². The van der Waals surface area contributed by atoms with Crippen molar-refractivity contribution in [2.45, 2.75) is 18.9 Å². The van der Waals surface area contributed by atoms with Crippen molar-refractivity contribution in [2.24, 2.45) is 0 Å². The summed E-state index contributed by atoms with van der Waals surface area (Å²) in [6.45, 7) is -3.04. The molecule has 0 fully saturated rings. The summed E-state index contributed by atoms with van der Waals surface area (Å²) in [7, 11) is 0. The average molecular weight is 242 g/mol. The number of aliphatic hydroxyl groups excluding tert-OH is 1. The van der Waals surface area contributed by atoms with Crippen LogP contribution in [0.3, 0.4) is 0 Å². The molecule has 90 valence electrons. The van der Waals surface area contributed by atoms with Crippen LogP contribution in [0.2, 0.25) is 0 Å². The van der Waals surface area contributed by atoms with Gasteiger partial charge in [0.15, 0.2) is 6.10 Å². The summed E-state index contributed by atoms with van der Waals surface area (Å²) < 4.78 is 63.5. The zero-order chi connectivity index (χ0) is 12.3. The molecule has 0 aliphatic carbocycles. The predicted molar refractivity (Wildman–Crippen MR) is 44.1 cm³/mol. The highest BCUT2D eigenvalue weighted by atomic mass is 19.4. The Labute approximate surface area is 87.3 Å². The van der Waals surface area contributed by atoms with Crippen molar-refractivity contribution in [1.29, 1.82) is 0 Å². The SMILES string of the molecule is OC(c1ccc(OC(F)F)cc1)C(F)(F)F. The van der Waals surface area contributed by atoms with Gasteiger partial charge in [-0.05, 0) is 17.7 Å². The highest BCUT2D eigenvalue weighted by molar-refractivity contribution is 5.29. The zero-order valence-electron chi connectivity index (χ0n) is 7.71. The van der Waals surface area contributed by atoms with E-state index in [1.54, 1.807) is 0 Å². The minimum atomic E-state index is -4.79. The van der Waals surface area contributed by atoms with Crippen LogP contribution in [0.1, 0.15) is 11.7 Å². The quantitative estimate of drug-likeness (QED) is 0.826. The number of hydrogen-bond acceptors (Lipinski definition) is 2. The normalized spacial score (nSPS) is 13.9. The third-order valence-corrected chi connectivity index (χ3v) is 1.73. The first kappa shape index (κ1) is 12.7. The second-order valence-electron chi connectivity index (χ2n) is 2.89. The van der Waals surface area contributed by atoms with E-state index in [9.17, 15) is 22.0 Å². The Hall–Kier alpha value is -1.37. The lowest BCUT2D eigenvalue weighted by molar-refractivity contribution is -0.206. The maximum absolute atomic E-state index is 12.0. The lowest BCUT2D eigenvalue weighted by Crippen LogP contribution is -2.20. The van der Waals surface area contributed by atoms with Crippen molar-refractivity contribution in [1.82, 2.24) is 0 Å². The molecule has 0 saturated heterocycles. The molecule has 0 spiro atoms. The lowest BCUT2D eigenvalue weighted by atomic mass is 10.1. The van der Waals surface area contributed by atoms with E-state index in [1.807, 2.05) is 0 Å². The van der Waals surface area contributed by atoms with Gasteiger partial charge in [0.1, 0.15) is 5.75 Å². The second-order valence-corrected chi connectivity index (χ2v) is 2.89. The van der Waals surface area contributed by atoms with E-state index >= 15 is 0 Å². The van der Waals surface area contributed by atoms with Crippen molar-refractivity contribution in [2.75, 3.05) is 0 Å². The number of benzene rings is 1. The molecule has 1 unspecified atom stereocenters. The Bertz CT molecular complexity index is 333. The number of hydrogen-bond donors (Lipinski definition) is 1. The van der Waals surface area contributed by atoms with Gasteiger partial charge in [-0.3, -0.25) is 0 Å². The van der Waals surface area contributed by atoms with Crippen molar-refractivity contribution >= 4 is 0 Å². The molecule has 1 rings (SSSR count). The standard InChI is InChI=1S/C9H7F5O2/c10-8(11)16-6-3-1-5(2-4-6)7(15)9(12,13)14/h1-4,7-8,15H. The molecule has 1 atom stereocenters. The highest BCUT2D eigenvalue weighted by Gasteiger charge is 2.39. The first-order valence-electron chi connectivity index (χ1n) is 4.10. The van der Waals surface area contributed by atoms with Gasteiger partial charge in [0.05, 0.1) is 0 Å². The van der Waals surface area contributed by atoms with Gasteiger partial charge in [-0.25, -0.2) is 0 Å². The topological polar surface area (TPSA) is 29.5 Å². The molecule has 7 heteroatoms. The number of halogens is 5. The Balaban J connectivity index is 2.79. The van der Waals surface area contributed by atoms with E-state index in [0.717, 1.165) is 24.3 Å². The van der Waals surface area contributed by atoms with Gasteiger partial charge in [0.25, 0.3) is 0 Å². The highest BCUT2D eigenvalue weighted by Crippen LogP contribution is 2.33. The molecule has 0 heterocycles. The second kappa shape index (κ2) is 4.65. The molecule has 0 aliphatic rings. The fourth-order valence-electron chi connectivity index (χ4n) is 1.02. The number of aliphatic hydroxyl groups is 1. The van der Waals surface area contributed by atoms with Gasteiger partial charge >= 0.3 is 12.8 Å². The summed E-state index contributed by atoms with van der Waals surface area (Å²) in [5.74, 6) is -0.270. The summed E-state index contributed by atoms with van der Waals surface area (Å²) >= 11 is 0. The predicted octanol–water partition coefficient (Wildman–Crippen LogP) is 2.88. The van der Waals surface area contributed by atoms with Crippen molar-refractivity contribution < 1.29 is 31.8 Å². The van der Waals surface area contributed by atoms with Crippen LogP contribution in [-0.2, 0) is 0 Å². The van der Waals surface area contributed by atoms with Gasteiger partial charge in [-0.1, -0.05) is 12.1 Å². The molecule has 0 aliphatic heterocycles. The molecule has 0 amide bonds. The minimum Gasteiger partial charge on any atom is -0.435 e. The maximum Gasteiger partial charge on any atom is 0.418 e. The molecule has 1 aromatic rings. The van der Waals surface area contributed by atoms with E-state index in [-0.39, 0.29) is 5.75 Å². The van der Waals surface area contributed by atoms with Crippen molar-refractivity contribution in [3.8, 4) is 5.75 Å². The van der Waals surface area contributed by atoms with Crippen molar-refractivity contribution in [3.05, 3.63) is 29.8 Å². The fourth-order valence-corrected chi connectivity index (χ4v) is 1.02. The number of alkyl halides is 5. The molecule has 0 aromatic heterocycles. The minimum absolute atomic E-state index is 0.270. The van der Waals surface area contributed by atoms with E-state index in [4.69, 9.17) is 5.11 Å². The van der Waals surface area contributed by atoms with E-state index in [1.165, 1.54) is 0 Å². The monoisotopic (exact) mass is 242 g/mol. The number of rotatable bonds is 3. The van der Waals surface area contributed by atoms with E-state index < -0.39 is 24.5 Å². The van der Waals surface area contributed by atoms with Crippen LogP contribution < -0.4 is 4.74 Å². The van der Waals surface area contributed by atoms with Gasteiger partial charge in [0, 0.05) is 0 Å². The van der Waals surface area contributed by atoms with Crippen LogP contribution >= 0.6 is 0 Å². The first-order chi connectivity index (χ1) is 7.30. The zero-order valence-corrected chi connectivity index (χ0v) is 7.71. The van der Waals surface area contributed by atoms with Crippen LogP contribution in [0.4, 0.5) is 22.0 Å². The summed E-state index contributed by atoms with van der Waals surface area (Å²) in [6.07, 6.45) is -7.42. The molecular weight excluding hydrogens is 235 g/mol. The van der Waals surface area contributed by atoms with Gasteiger partial charge < -0.3 is 9.84 Å². The van der Waals surface area contributed by atoms with Crippen LogP contribution in [-0.4, -0.2) is 17.9 Å². The van der Waals surface area contributed by atoms with Crippen LogP contribution in [0.25, 0.3) is 0 Å². The third-order valence-electron chi connectivity index (χ3n) is 1.73. The third kappa shape index (κ3) is 3.34. The summed E-state index contributed by atoms with van der Waals surface area (Å²) in [4.78, 5) is 0. The first-order valence-corrected chi connectivity index (χ1v) is 4.10. The Morgan fingerprint density at radius 3 is 1.94 bits per heavy atom. The fraction of sp³-hybridized carbons (Fsp3) is 0.333. The number of ether oxygens (including phenoxy) is 1. The van der Waals surface area contributed by atoms with Gasteiger partial charge in [-0.15, -0.1) is 0 Å². The molecule has 1 aromatic carbocycles. The Kier molecular flexibility index (Phi) is 3.69.